The number of likely N-dealkylation sites (N-methyl/N-ethyl adjacent to an activating group) is 1. The van der Waals surface area contributed by atoms with E-state index in [9.17, 15) is 4.79 Å². The number of carbonyl (C=O) groups excluding carboxylic acids is 1. The van der Waals surface area contributed by atoms with E-state index in [1.54, 1.807) is 0 Å². The molecule has 1 aromatic rings. The summed E-state index contributed by atoms with van der Waals surface area (Å²) in [6, 6.07) is 8.02. The first kappa shape index (κ1) is 13.5. The van der Waals surface area contributed by atoms with Gasteiger partial charge in [-0.2, -0.15) is 0 Å². The summed E-state index contributed by atoms with van der Waals surface area (Å²) in [5.74, 6) is 3.19. The summed E-state index contributed by atoms with van der Waals surface area (Å²) < 4.78 is 5.68. The van der Waals surface area contributed by atoms with Crippen LogP contribution in [0.1, 0.15) is 24.8 Å². The summed E-state index contributed by atoms with van der Waals surface area (Å²) in [4.78, 5) is 14.1. The molecule has 3 rings (SSSR count). The fraction of sp³-hybridized carbons (Fsp3) is 0.588. The predicted molar refractivity (Wildman–Crippen MR) is 78.6 cm³/mol. The number of nitrogens with zero attached hydrogens (tertiary/aromatic N) is 1. The lowest BCUT2D eigenvalue weighted by molar-refractivity contribution is -0.134. The molecular weight excluding hydrogens is 250 g/mol. The van der Waals surface area contributed by atoms with Gasteiger partial charge in [0.2, 0.25) is 5.91 Å². The van der Waals surface area contributed by atoms with Gasteiger partial charge in [-0.05, 0) is 50.2 Å². The third-order valence-electron chi connectivity index (χ3n) is 4.69. The van der Waals surface area contributed by atoms with Crippen molar-refractivity contribution in [3.63, 3.8) is 0 Å². The highest BCUT2D eigenvalue weighted by Gasteiger charge is 2.48. The van der Waals surface area contributed by atoms with Crippen molar-refractivity contribution in [1.82, 2.24) is 4.90 Å². The first-order chi connectivity index (χ1) is 9.63. The van der Waals surface area contributed by atoms with E-state index in [1.807, 2.05) is 36.2 Å². The number of ether oxygens (including phenoxy) is 1. The van der Waals surface area contributed by atoms with Crippen LogP contribution in [0.25, 0.3) is 0 Å². The summed E-state index contributed by atoms with van der Waals surface area (Å²) >= 11 is 0. The van der Waals surface area contributed by atoms with Gasteiger partial charge in [0.1, 0.15) is 12.4 Å². The second kappa shape index (κ2) is 5.47. The van der Waals surface area contributed by atoms with Crippen molar-refractivity contribution in [2.24, 2.45) is 17.8 Å². The van der Waals surface area contributed by atoms with Crippen LogP contribution >= 0.6 is 0 Å². The second-order valence-corrected chi connectivity index (χ2v) is 6.35. The Morgan fingerprint density at radius 1 is 1.20 bits per heavy atom. The molecule has 1 amide bonds. The molecule has 1 aromatic carbocycles. The van der Waals surface area contributed by atoms with Crippen LogP contribution in [0.5, 0.6) is 5.75 Å². The number of hydrogen-bond acceptors (Lipinski definition) is 2. The van der Waals surface area contributed by atoms with E-state index in [-0.39, 0.29) is 5.92 Å². The van der Waals surface area contributed by atoms with Gasteiger partial charge in [0.15, 0.2) is 0 Å². The largest absolute Gasteiger partial charge is 0.492 e. The van der Waals surface area contributed by atoms with Gasteiger partial charge >= 0.3 is 0 Å². The van der Waals surface area contributed by atoms with Crippen molar-refractivity contribution in [3.05, 3.63) is 29.8 Å². The Labute approximate surface area is 120 Å². The van der Waals surface area contributed by atoms with Crippen LogP contribution < -0.4 is 4.74 Å². The third-order valence-corrected chi connectivity index (χ3v) is 4.69. The minimum absolute atomic E-state index is 0.281. The Hall–Kier alpha value is -1.51. The average Bonchev–Trinajstić information content (AvgIpc) is 3.06. The molecule has 2 fully saturated rings. The predicted octanol–water partition coefficient (Wildman–Crippen LogP) is 2.88. The Morgan fingerprint density at radius 2 is 1.85 bits per heavy atom. The molecule has 0 heterocycles. The average molecular weight is 273 g/mol. The van der Waals surface area contributed by atoms with E-state index in [4.69, 9.17) is 4.74 Å². The number of carbonyl (C=O) groups is 1. The van der Waals surface area contributed by atoms with Crippen molar-refractivity contribution in [3.8, 4) is 5.75 Å². The van der Waals surface area contributed by atoms with Gasteiger partial charge in [0.25, 0.3) is 0 Å². The fourth-order valence-electron chi connectivity index (χ4n) is 3.27. The molecule has 0 aromatic heterocycles. The highest BCUT2D eigenvalue weighted by molar-refractivity contribution is 5.79. The Bertz CT molecular complexity index is 472. The number of hydrogen-bond donors (Lipinski definition) is 0. The van der Waals surface area contributed by atoms with Crippen LogP contribution in [0.4, 0.5) is 0 Å². The third kappa shape index (κ3) is 2.97. The molecular formula is C17H23NO2. The van der Waals surface area contributed by atoms with Crippen LogP contribution in [0.15, 0.2) is 24.3 Å². The minimum Gasteiger partial charge on any atom is -0.492 e. The van der Waals surface area contributed by atoms with E-state index < -0.39 is 0 Å². The van der Waals surface area contributed by atoms with E-state index in [1.165, 1.54) is 12.0 Å². The van der Waals surface area contributed by atoms with Crippen LogP contribution in [0.2, 0.25) is 0 Å². The van der Waals surface area contributed by atoms with Gasteiger partial charge < -0.3 is 9.64 Å². The summed E-state index contributed by atoms with van der Waals surface area (Å²) in [6.45, 7) is 3.28. The highest BCUT2D eigenvalue weighted by Crippen LogP contribution is 2.54. The van der Waals surface area contributed by atoms with Crippen LogP contribution in [0, 0.1) is 24.7 Å². The lowest BCUT2D eigenvalue weighted by Crippen LogP contribution is -2.35. The van der Waals surface area contributed by atoms with Crippen LogP contribution in [0.3, 0.4) is 0 Å². The van der Waals surface area contributed by atoms with Crippen molar-refractivity contribution >= 4 is 5.91 Å². The maximum absolute atomic E-state index is 12.3. The molecule has 3 heteroatoms. The standard InChI is InChI=1S/C17H23NO2/c1-12-3-5-16(6-4-12)20-8-7-18(2)17(19)15-10-13-9-14(13)11-15/h3-6,13-15H,7-11H2,1-2H3. The summed E-state index contributed by atoms with van der Waals surface area (Å²) in [5, 5.41) is 0. The van der Waals surface area contributed by atoms with E-state index in [0.29, 0.717) is 19.1 Å². The second-order valence-electron chi connectivity index (χ2n) is 6.35. The quantitative estimate of drug-likeness (QED) is 0.825. The van der Waals surface area contributed by atoms with Gasteiger partial charge in [-0.1, -0.05) is 17.7 Å². The van der Waals surface area contributed by atoms with Crippen molar-refractivity contribution in [2.75, 3.05) is 20.2 Å². The number of aryl methyl sites for hydroxylation is 1. The molecule has 2 saturated carbocycles. The number of benzene rings is 1. The molecule has 0 aliphatic heterocycles. The first-order valence-electron chi connectivity index (χ1n) is 7.58. The maximum atomic E-state index is 12.3. The molecule has 2 aliphatic rings. The molecule has 0 N–H and O–H groups in total. The van der Waals surface area contributed by atoms with Crippen molar-refractivity contribution in [2.45, 2.75) is 26.2 Å². The van der Waals surface area contributed by atoms with Crippen LogP contribution in [-0.2, 0) is 4.79 Å². The molecule has 0 bridgehead atoms. The lowest BCUT2D eigenvalue weighted by atomic mass is 10.0. The van der Waals surface area contributed by atoms with Gasteiger partial charge in [-0.15, -0.1) is 0 Å². The van der Waals surface area contributed by atoms with Gasteiger partial charge in [-0.25, -0.2) is 0 Å². The summed E-state index contributed by atoms with van der Waals surface area (Å²) in [6.07, 6.45) is 3.60. The molecule has 2 aliphatic carbocycles. The number of fused-ring (bicyclic) bond motifs is 1. The van der Waals surface area contributed by atoms with Crippen molar-refractivity contribution < 1.29 is 9.53 Å². The van der Waals surface area contributed by atoms with E-state index in [0.717, 1.165) is 30.4 Å². The maximum Gasteiger partial charge on any atom is 0.225 e. The normalized spacial score (nSPS) is 27.0. The molecule has 20 heavy (non-hydrogen) atoms. The Kier molecular flexibility index (Phi) is 3.68. The SMILES string of the molecule is Cc1ccc(OCCN(C)C(=O)C2CC3CC3C2)cc1. The van der Waals surface area contributed by atoms with Gasteiger partial charge in [0, 0.05) is 13.0 Å². The van der Waals surface area contributed by atoms with Gasteiger partial charge in [-0.3, -0.25) is 4.79 Å². The molecule has 3 nitrogen and oxygen atoms in total. The topological polar surface area (TPSA) is 29.5 Å². The van der Waals surface area contributed by atoms with Crippen LogP contribution in [-0.4, -0.2) is 31.0 Å². The molecule has 0 saturated heterocycles. The lowest BCUT2D eigenvalue weighted by Gasteiger charge is -2.22. The zero-order valence-electron chi connectivity index (χ0n) is 12.3. The molecule has 0 radical (unpaired) electrons. The number of rotatable bonds is 5. The zero-order chi connectivity index (χ0) is 14.1. The minimum atomic E-state index is 0.281. The molecule has 108 valence electrons. The monoisotopic (exact) mass is 273 g/mol. The van der Waals surface area contributed by atoms with Crippen molar-refractivity contribution in [1.29, 1.82) is 0 Å². The highest BCUT2D eigenvalue weighted by atomic mass is 16.5. The summed E-state index contributed by atoms with van der Waals surface area (Å²) in [5.41, 5.74) is 1.23. The van der Waals surface area contributed by atoms with E-state index in [2.05, 4.69) is 6.92 Å². The molecule has 2 unspecified atom stereocenters. The van der Waals surface area contributed by atoms with E-state index >= 15 is 0 Å². The Morgan fingerprint density at radius 3 is 2.50 bits per heavy atom. The number of amides is 1. The Balaban J connectivity index is 1.41. The fourth-order valence-corrected chi connectivity index (χ4v) is 3.27. The first-order valence-corrected chi connectivity index (χ1v) is 7.58. The summed E-state index contributed by atoms with van der Waals surface area (Å²) in [7, 11) is 1.89. The molecule has 0 spiro atoms. The van der Waals surface area contributed by atoms with Gasteiger partial charge in [0.05, 0.1) is 6.54 Å². The smallest absolute Gasteiger partial charge is 0.225 e. The zero-order valence-corrected chi connectivity index (χ0v) is 12.3. The molecule has 2 atom stereocenters.